The number of carbonyl (C=O) groups excluding carboxylic acids is 1. The van der Waals surface area contributed by atoms with Crippen LogP contribution in [0.5, 0.6) is 0 Å². The molecule has 1 aromatic carbocycles. The number of hydrogen-bond acceptors (Lipinski definition) is 4. The largest absolute Gasteiger partial charge is 0.465 e. The highest BCUT2D eigenvalue weighted by Gasteiger charge is 2.21. The first-order chi connectivity index (χ1) is 8.24. The highest BCUT2D eigenvalue weighted by molar-refractivity contribution is 5.90. The van der Waals surface area contributed by atoms with E-state index in [4.69, 9.17) is 10.5 Å². The van der Waals surface area contributed by atoms with Crippen molar-refractivity contribution in [3.05, 3.63) is 29.8 Å². The Bertz CT molecular complexity index is 412. The van der Waals surface area contributed by atoms with Crippen LogP contribution >= 0.6 is 12.4 Å². The van der Waals surface area contributed by atoms with Crippen LogP contribution in [0.2, 0.25) is 0 Å². The zero-order valence-electron chi connectivity index (χ0n) is 10.5. The van der Waals surface area contributed by atoms with Crippen molar-refractivity contribution < 1.29 is 9.53 Å². The van der Waals surface area contributed by atoms with E-state index >= 15 is 0 Å². The third-order valence-corrected chi connectivity index (χ3v) is 3.25. The molecular formula is C13H19ClN2O2. The lowest BCUT2D eigenvalue weighted by Gasteiger charge is -2.19. The van der Waals surface area contributed by atoms with Gasteiger partial charge in [-0.15, -0.1) is 12.4 Å². The van der Waals surface area contributed by atoms with Crippen molar-refractivity contribution in [1.29, 1.82) is 0 Å². The van der Waals surface area contributed by atoms with Gasteiger partial charge in [0.15, 0.2) is 0 Å². The number of esters is 1. The molecule has 5 heteroatoms. The van der Waals surface area contributed by atoms with Crippen LogP contribution < -0.4 is 10.6 Å². The predicted molar refractivity (Wildman–Crippen MR) is 74.4 cm³/mol. The van der Waals surface area contributed by atoms with E-state index in [1.807, 2.05) is 18.2 Å². The highest BCUT2D eigenvalue weighted by Crippen LogP contribution is 2.24. The zero-order valence-corrected chi connectivity index (χ0v) is 11.3. The molecule has 1 heterocycles. The fraction of sp³-hybridized carbons (Fsp3) is 0.462. The van der Waals surface area contributed by atoms with Gasteiger partial charge in [-0.05, 0) is 37.1 Å². The molecule has 0 bridgehead atoms. The van der Waals surface area contributed by atoms with E-state index in [1.165, 1.54) is 7.11 Å². The molecule has 1 aliphatic rings. The van der Waals surface area contributed by atoms with Crippen LogP contribution in [-0.2, 0) is 4.74 Å². The van der Waals surface area contributed by atoms with Crippen molar-refractivity contribution in [2.24, 2.45) is 11.7 Å². The van der Waals surface area contributed by atoms with Gasteiger partial charge in [-0.2, -0.15) is 0 Å². The molecule has 0 radical (unpaired) electrons. The van der Waals surface area contributed by atoms with Crippen molar-refractivity contribution in [1.82, 2.24) is 0 Å². The number of nitrogens with two attached hydrogens (primary N) is 1. The summed E-state index contributed by atoms with van der Waals surface area (Å²) in [4.78, 5) is 13.7. The molecule has 0 amide bonds. The van der Waals surface area contributed by atoms with Crippen LogP contribution in [0.4, 0.5) is 5.69 Å². The Morgan fingerprint density at radius 2 is 2.33 bits per heavy atom. The fourth-order valence-corrected chi connectivity index (χ4v) is 2.21. The van der Waals surface area contributed by atoms with E-state index in [0.29, 0.717) is 11.5 Å². The van der Waals surface area contributed by atoms with Crippen LogP contribution in [0.3, 0.4) is 0 Å². The summed E-state index contributed by atoms with van der Waals surface area (Å²) in [5.41, 5.74) is 7.34. The molecule has 0 saturated carbocycles. The topological polar surface area (TPSA) is 55.6 Å². The Labute approximate surface area is 114 Å². The number of hydrogen-bond donors (Lipinski definition) is 1. The summed E-state index contributed by atoms with van der Waals surface area (Å²) in [6.07, 6.45) is 1.12. The van der Waals surface area contributed by atoms with Crippen molar-refractivity contribution >= 4 is 24.1 Å². The van der Waals surface area contributed by atoms with Crippen LogP contribution in [0.1, 0.15) is 16.8 Å². The molecule has 2 N–H and O–H groups in total. The van der Waals surface area contributed by atoms with Crippen LogP contribution in [0.25, 0.3) is 0 Å². The van der Waals surface area contributed by atoms with Gasteiger partial charge in [0.25, 0.3) is 0 Å². The van der Waals surface area contributed by atoms with Crippen LogP contribution in [-0.4, -0.2) is 32.7 Å². The summed E-state index contributed by atoms with van der Waals surface area (Å²) in [6, 6.07) is 7.55. The average molecular weight is 271 g/mol. The number of nitrogens with zero attached hydrogens (tertiary/aromatic N) is 1. The quantitative estimate of drug-likeness (QED) is 0.849. The number of benzene rings is 1. The van der Waals surface area contributed by atoms with Gasteiger partial charge in [-0.1, -0.05) is 6.07 Å². The second-order valence-corrected chi connectivity index (χ2v) is 4.38. The molecule has 18 heavy (non-hydrogen) atoms. The number of anilines is 1. The van der Waals surface area contributed by atoms with Gasteiger partial charge in [0, 0.05) is 18.8 Å². The Hall–Kier alpha value is -1.26. The van der Waals surface area contributed by atoms with Crippen LogP contribution in [0.15, 0.2) is 24.3 Å². The Morgan fingerprint density at radius 3 is 2.94 bits per heavy atom. The van der Waals surface area contributed by atoms with Gasteiger partial charge >= 0.3 is 5.97 Å². The first kappa shape index (κ1) is 14.8. The lowest BCUT2D eigenvalue weighted by Crippen LogP contribution is -2.22. The van der Waals surface area contributed by atoms with Crippen molar-refractivity contribution in [2.45, 2.75) is 6.42 Å². The number of rotatable bonds is 3. The summed E-state index contributed by atoms with van der Waals surface area (Å²) in [7, 11) is 1.40. The van der Waals surface area contributed by atoms with E-state index in [1.54, 1.807) is 6.07 Å². The minimum absolute atomic E-state index is 0. The molecule has 1 fully saturated rings. The molecule has 2 rings (SSSR count). The van der Waals surface area contributed by atoms with Crippen LogP contribution in [0, 0.1) is 5.92 Å². The Morgan fingerprint density at radius 1 is 1.56 bits per heavy atom. The van der Waals surface area contributed by atoms with Crippen molar-refractivity contribution in [3.63, 3.8) is 0 Å². The maximum Gasteiger partial charge on any atom is 0.337 e. The second-order valence-electron chi connectivity index (χ2n) is 4.38. The van der Waals surface area contributed by atoms with E-state index in [9.17, 15) is 4.79 Å². The minimum atomic E-state index is -0.290. The predicted octanol–water partition coefficient (Wildman–Crippen LogP) is 1.68. The highest BCUT2D eigenvalue weighted by atomic mass is 35.5. The van der Waals surface area contributed by atoms with E-state index in [2.05, 4.69) is 4.90 Å². The number of ether oxygens (including phenoxy) is 1. The molecule has 1 saturated heterocycles. The third kappa shape index (κ3) is 3.15. The van der Waals surface area contributed by atoms with Gasteiger partial charge < -0.3 is 15.4 Å². The lowest BCUT2D eigenvalue weighted by molar-refractivity contribution is 0.0601. The molecule has 4 nitrogen and oxygen atoms in total. The molecule has 1 atom stereocenters. The van der Waals surface area contributed by atoms with Gasteiger partial charge in [0.05, 0.1) is 12.7 Å². The van der Waals surface area contributed by atoms with E-state index < -0.39 is 0 Å². The smallest absolute Gasteiger partial charge is 0.337 e. The van der Waals surface area contributed by atoms with Gasteiger partial charge in [0.1, 0.15) is 0 Å². The lowest BCUT2D eigenvalue weighted by atomic mass is 10.1. The fourth-order valence-electron chi connectivity index (χ4n) is 2.21. The molecule has 1 aliphatic heterocycles. The summed E-state index contributed by atoms with van der Waals surface area (Å²) < 4.78 is 4.72. The van der Waals surface area contributed by atoms with Gasteiger partial charge in [-0.25, -0.2) is 4.79 Å². The summed E-state index contributed by atoms with van der Waals surface area (Å²) in [6.45, 7) is 2.71. The standard InChI is InChI=1S/C13H18N2O2.ClH/c1-17-13(16)11-3-2-4-12(7-11)15-6-5-10(8-14)9-15;/h2-4,7,10H,5-6,8-9,14H2,1H3;1H. The minimum Gasteiger partial charge on any atom is -0.465 e. The molecule has 1 aromatic rings. The monoisotopic (exact) mass is 270 g/mol. The van der Waals surface area contributed by atoms with Gasteiger partial charge in [0.2, 0.25) is 0 Å². The van der Waals surface area contributed by atoms with E-state index in [-0.39, 0.29) is 18.4 Å². The first-order valence-corrected chi connectivity index (χ1v) is 5.88. The molecule has 1 unspecified atom stereocenters. The first-order valence-electron chi connectivity index (χ1n) is 5.88. The SMILES string of the molecule is COC(=O)c1cccc(N2CCC(CN)C2)c1.Cl. The average Bonchev–Trinajstić information content (AvgIpc) is 2.86. The Kier molecular flexibility index (Phi) is 5.44. The third-order valence-electron chi connectivity index (χ3n) is 3.25. The molecule has 0 aliphatic carbocycles. The van der Waals surface area contributed by atoms with Crippen molar-refractivity contribution in [3.8, 4) is 0 Å². The molecule has 0 aromatic heterocycles. The van der Waals surface area contributed by atoms with E-state index in [0.717, 1.165) is 31.7 Å². The summed E-state index contributed by atoms with van der Waals surface area (Å²) in [5, 5.41) is 0. The number of carbonyl (C=O) groups is 1. The second kappa shape index (κ2) is 6.61. The number of methoxy groups -OCH3 is 1. The maximum atomic E-state index is 11.4. The number of halogens is 1. The van der Waals surface area contributed by atoms with Crippen molar-refractivity contribution in [2.75, 3.05) is 31.6 Å². The summed E-state index contributed by atoms with van der Waals surface area (Å²) >= 11 is 0. The maximum absolute atomic E-state index is 11.4. The molecule has 0 spiro atoms. The Balaban J connectivity index is 0.00000162. The zero-order chi connectivity index (χ0) is 12.3. The molecule has 100 valence electrons. The van der Waals surface area contributed by atoms with Gasteiger partial charge in [-0.3, -0.25) is 0 Å². The normalized spacial score (nSPS) is 18.3. The summed E-state index contributed by atoms with van der Waals surface area (Å²) in [5.74, 6) is 0.276. The molecular weight excluding hydrogens is 252 g/mol.